The van der Waals surface area contributed by atoms with Gasteiger partial charge in [0.05, 0.1) is 18.5 Å². The quantitative estimate of drug-likeness (QED) is 0.909. The number of nitrogens with zero attached hydrogens (tertiary/aromatic N) is 1. The summed E-state index contributed by atoms with van der Waals surface area (Å²) in [5.41, 5.74) is 5.13. The van der Waals surface area contributed by atoms with Crippen LogP contribution < -0.4 is 10.5 Å². The van der Waals surface area contributed by atoms with Crippen molar-refractivity contribution in [3.05, 3.63) is 47.8 Å². The van der Waals surface area contributed by atoms with Crippen molar-refractivity contribution in [3.63, 3.8) is 0 Å². The summed E-state index contributed by atoms with van der Waals surface area (Å²) in [6, 6.07) is 6.99. The van der Waals surface area contributed by atoms with E-state index in [9.17, 15) is 13.2 Å². The zero-order chi connectivity index (χ0) is 14.8. The fourth-order valence-electron chi connectivity index (χ4n) is 1.48. The molecule has 1 aromatic heterocycles. The lowest BCUT2D eigenvalue weighted by atomic mass is 10.2. The summed E-state index contributed by atoms with van der Waals surface area (Å²) in [5.74, 6) is 0.192. The van der Waals surface area contributed by atoms with E-state index in [1.165, 1.54) is 12.1 Å². The highest BCUT2D eigenvalue weighted by Gasteiger charge is 2.33. The summed E-state index contributed by atoms with van der Waals surface area (Å²) >= 11 is 0. The van der Waals surface area contributed by atoms with Gasteiger partial charge in [-0.25, -0.2) is 4.98 Å². The highest BCUT2D eigenvalue weighted by molar-refractivity contribution is 5.53. The number of aliphatic hydroxyl groups is 1. The number of nitrogens with two attached hydrogens (primary N) is 1. The van der Waals surface area contributed by atoms with Gasteiger partial charge in [-0.05, 0) is 17.7 Å². The first kappa shape index (κ1) is 14.1. The lowest BCUT2D eigenvalue weighted by Gasteiger charge is -2.11. The second-order valence-corrected chi connectivity index (χ2v) is 4.01. The predicted molar refractivity (Wildman–Crippen MR) is 66.1 cm³/mol. The molecule has 1 heterocycles. The average molecular weight is 284 g/mol. The normalized spacial score (nSPS) is 11.4. The summed E-state index contributed by atoms with van der Waals surface area (Å²) in [4.78, 5) is 3.22. The minimum Gasteiger partial charge on any atom is -0.455 e. The smallest absolute Gasteiger partial charge is 0.433 e. The predicted octanol–water partition coefficient (Wildman–Crippen LogP) is 2.97. The number of pyridine rings is 1. The number of halogens is 3. The Bertz CT molecular complexity index is 598. The molecule has 0 aliphatic rings. The van der Waals surface area contributed by atoms with Gasteiger partial charge >= 0.3 is 6.18 Å². The van der Waals surface area contributed by atoms with Crippen LogP contribution in [-0.2, 0) is 12.8 Å². The largest absolute Gasteiger partial charge is 0.455 e. The number of alkyl halides is 3. The lowest BCUT2D eigenvalue weighted by Crippen LogP contribution is -2.08. The first-order valence-corrected chi connectivity index (χ1v) is 5.60. The molecule has 7 heteroatoms. The van der Waals surface area contributed by atoms with Crippen molar-refractivity contribution >= 4 is 5.69 Å². The van der Waals surface area contributed by atoms with Crippen molar-refractivity contribution < 1.29 is 23.0 Å². The number of benzene rings is 1. The molecule has 0 aliphatic heterocycles. The van der Waals surface area contributed by atoms with Gasteiger partial charge in [0, 0.05) is 6.07 Å². The second kappa shape index (κ2) is 5.38. The van der Waals surface area contributed by atoms with Crippen LogP contribution >= 0.6 is 0 Å². The Balaban J connectivity index is 2.27. The molecular weight excluding hydrogens is 273 g/mol. The summed E-state index contributed by atoms with van der Waals surface area (Å²) in [7, 11) is 0. The Labute approximate surface area is 112 Å². The Morgan fingerprint density at radius 3 is 2.40 bits per heavy atom. The molecule has 0 amide bonds. The van der Waals surface area contributed by atoms with E-state index < -0.39 is 11.9 Å². The van der Waals surface area contributed by atoms with Crippen molar-refractivity contribution in [2.45, 2.75) is 12.8 Å². The van der Waals surface area contributed by atoms with E-state index in [2.05, 4.69) is 4.98 Å². The standard InChI is InChI=1S/C13H11F3N2O2/c14-13(15,16)12-5-11(10(17)6-18-12)20-9-3-1-8(7-19)2-4-9/h1-6,19H,7,17H2. The van der Waals surface area contributed by atoms with Crippen LogP contribution in [0.25, 0.3) is 0 Å². The Morgan fingerprint density at radius 2 is 1.85 bits per heavy atom. The maximum atomic E-state index is 12.6. The number of aromatic nitrogens is 1. The first-order valence-electron chi connectivity index (χ1n) is 5.60. The Kier molecular flexibility index (Phi) is 3.80. The number of anilines is 1. The molecule has 0 radical (unpaired) electrons. The SMILES string of the molecule is Nc1cnc(C(F)(F)F)cc1Oc1ccc(CO)cc1. The maximum absolute atomic E-state index is 12.6. The van der Waals surface area contributed by atoms with Crippen LogP contribution in [0.1, 0.15) is 11.3 Å². The summed E-state index contributed by atoms with van der Waals surface area (Å²) in [6.07, 6.45) is -3.66. The lowest BCUT2D eigenvalue weighted by molar-refractivity contribution is -0.141. The van der Waals surface area contributed by atoms with Crippen molar-refractivity contribution in [1.29, 1.82) is 0 Å². The van der Waals surface area contributed by atoms with Crippen LogP contribution in [-0.4, -0.2) is 10.1 Å². The Hall–Kier alpha value is -2.28. The third kappa shape index (κ3) is 3.18. The number of hydrogen-bond acceptors (Lipinski definition) is 4. The molecule has 0 unspecified atom stereocenters. The molecule has 1 aromatic carbocycles. The zero-order valence-electron chi connectivity index (χ0n) is 10.2. The molecule has 4 nitrogen and oxygen atoms in total. The van der Waals surface area contributed by atoms with Crippen LogP contribution in [0.2, 0.25) is 0 Å². The molecule has 3 N–H and O–H groups in total. The van der Waals surface area contributed by atoms with Crippen LogP contribution in [0.4, 0.5) is 18.9 Å². The molecule has 20 heavy (non-hydrogen) atoms. The minimum absolute atomic E-state index is 0.00392. The van der Waals surface area contributed by atoms with Crippen LogP contribution in [0.5, 0.6) is 11.5 Å². The number of rotatable bonds is 3. The van der Waals surface area contributed by atoms with Gasteiger partial charge in [0.15, 0.2) is 5.75 Å². The highest BCUT2D eigenvalue weighted by Crippen LogP contribution is 2.34. The minimum atomic E-state index is -4.56. The van der Waals surface area contributed by atoms with Crippen LogP contribution in [0, 0.1) is 0 Å². The van der Waals surface area contributed by atoms with E-state index in [0.29, 0.717) is 11.3 Å². The molecule has 2 rings (SSSR count). The third-order valence-electron chi connectivity index (χ3n) is 2.52. The monoisotopic (exact) mass is 284 g/mol. The van der Waals surface area contributed by atoms with Gasteiger partial charge in [-0.15, -0.1) is 0 Å². The maximum Gasteiger partial charge on any atom is 0.433 e. The number of nitrogen functional groups attached to an aromatic ring is 1. The van der Waals surface area contributed by atoms with E-state index in [4.69, 9.17) is 15.6 Å². The first-order chi connectivity index (χ1) is 9.40. The van der Waals surface area contributed by atoms with Gasteiger partial charge < -0.3 is 15.6 Å². The summed E-state index contributed by atoms with van der Waals surface area (Å²) in [6.45, 7) is -0.129. The second-order valence-electron chi connectivity index (χ2n) is 4.01. The van der Waals surface area contributed by atoms with Gasteiger partial charge in [-0.3, -0.25) is 0 Å². The Morgan fingerprint density at radius 1 is 1.20 bits per heavy atom. The van der Waals surface area contributed by atoms with Crippen LogP contribution in [0.15, 0.2) is 36.5 Å². The number of ether oxygens (including phenoxy) is 1. The third-order valence-corrected chi connectivity index (χ3v) is 2.52. The fraction of sp³-hybridized carbons (Fsp3) is 0.154. The van der Waals surface area contributed by atoms with Gasteiger partial charge in [0.2, 0.25) is 0 Å². The summed E-state index contributed by atoms with van der Waals surface area (Å²) < 4.78 is 42.9. The van der Waals surface area contributed by atoms with Crippen molar-refractivity contribution in [2.75, 3.05) is 5.73 Å². The number of aliphatic hydroxyl groups excluding tert-OH is 1. The molecule has 0 saturated heterocycles. The van der Waals surface area contributed by atoms with Gasteiger partial charge in [-0.1, -0.05) is 12.1 Å². The van der Waals surface area contributed by atoms with Gasteiger partial charge in [0.25, 0.3) is 0 Å². The van der Waals surface area contributed by atoms with E-state index in [1.54, 1.807) is 12.1 Å². The highest BCUT2D eigenvalue weighted by atomic mass is 19.4. The molecule has 0 fully saturated rings. The van der Waals surface area contributed by atoms with Crippen molar-refractivity contribution in [3.8, 4) is 11.5 Å². The molecular formula is C13H11F3N2O2. The fourth-order valence-corrected chi connectivity index (χ4v) is 1.48. The molecule has 0 bridgehead atoms. The van der Waals surface area contributed by atoms with Crippen molar-refractivity contribution in [1.82, 2.24) is 4.98 Å². The molecule has 0 aliphatic carbocycles. The van der Waals surface area contributed by atoms with E-state index in [1.807, 2.05) is 0 Å². The molecule has 0 saturated carbocycles. The van der Waals surface area contributed by atoms with Gasteiger partial charge in [0.1, 0.15) is 11.4 Å². The van der Waals surface area contributed by atoms with E-state index in [-0.39, 0.29) is 18.0 Å². The van der Waals surface area contributed by atoms with E-state index in [0.717, 1.165) is 12.3 Å². The molecule has 0 spiro atoms. The van der Waals surface area contributed by atoms with Crippen molar-refractivity contribution in [2.24, 2.45) is 0 Å². The molecule has 0 atom stereocenters. The van der Waals surface area contributed by atoms with Crippen LogP contribution in [0.3, 0.4) is 0 Å². The molecule has 2 aromatic rings. The average Bonchev–Trinajstić information content (AvgIpc) is 2.41. The number of hydrogen-bond donors (Lipinski definition) is 2. The topological polar surface area (TPSA) is 68.4 Å². The zero-order valence-corrected chi connectivity index (χ0v) is 10.2. The summed E-state index contributed by atoms with van der Waals surface area (Å²) in [5, 5.41) is 8.89. The van der Waals surface area contributed by atoms with Gasteiger partial charge in [-0.2, -0.15) is 13.2 Å². The molecule has 106 valence electrons. The van der Waals surface area contributed by atoms with E-state index >= 15 is 0 Å².